The summed E-state index contributed by atoms with van der Waals surface area (Å²) < 4.78 is 0. The van der Waals surface area contributed by atoms with Crippen LogP contribution in [0.1, 0.15) is 16.1 Å². The van der Waals surface area contributed by atoms with Crippen LogP contribution in [0.3, 0.4) is 0 Å². The molecule has 5 nitrogen and oxygen atoms in total. The first kappa shape index (κ1) is 10.9. The number of benzene rings is 1. The minimum Gasteiger partial charge on any atom is -0.298 e. The molecule has 0 unspecified atom stereocenters. The van der Waals surface area contributed by atoms with Crippen molar-refractivity contribution >= 4 is 33.3 Å². The van der Waals surface area contributed by atoms with Crippen molar-refractivity contribution in [3.05, 3.63) is 41.0 Å². The summed E-state index contributed by atoms with van der Waals surface area (Å²) in [5, 5.41) is 13.0. The van der Waals surface area contributed by atoms with Crippen LogP contribution in [-0.4, -0.2) is 21.1 Å². The number of nitrogens with zero attached hydrogens (tertiary/aromatic N) is 2. The molecule has 0 fully saturated rings. The van der Waals surface area contributed by atoms with E-state index in [1.54, 1.807) is 18.3 Å². The summed E-state index contributed by atoms with van der Waals surface area (Å²) in [5.41, 5.74) is 2.41. The van der Waals surface area contributed by atoms with Gasteiger partial charge in [0.1, 0.15) is 0 Å². The molecule has 1 amide bonds. The number of nitrogens with one attached hydrogen (secondary N) is 2. The molecule has 0 aliphatic rings. The second-order valence-corrected chi connectivity index (χ2v) is 4.78. The van der Waals surface area contributed by atoms with Gasteiger partial charge in [0, 0.05) is 16.3 Å². The summed E-state index contributed by atoms with van der Waals surface area (Å²) in [6.45, 7) is 1.89. The van der Waals surface area contributed by atoms with E-state index in [2.05, 4.69) is 20.5 Å². The smallest absolute Gasteiger partial charge is 0.257 e. The maximum Gasteiger partial charge on any atom is 0.257 e. The summed E-state index contributed by atoms with van der Waals surface area (Å²) in [6, 6.07) is 5.40. The van der Waals surface area contributed by atoms with Gasteiger partial charge in [-0.3, -0.25) is 15.2 Å². The molecule has 18 heavy (non-hydrogen) atoms. The number of carbonyl (C=O) groups excluding carboxylic acids is 1. The highest BCUT2D eigenvalue weighted by atomic mass is 32.1. The molecule has 0 aliphatic heterocycles. The zero-order chi connectivity index (χ0) is 12.5. The van der Waals surface area contributed by atoms with Gasteiger partial charge >= 0.3 is 0 Å². The predicted octanol–water partition coefficient (Wildman–Crippen LogP) is 2.58. The molecule has 0 atom stereocenters. The fraction of sp³-hybridized carbons (Fsp3) is 0.0833. The van der Waals surface area contributed by atoms with E-state index in [4.69, 9.17) is 0 Å². The van der Waals surface area contributed by atoms with E-state index in [-0.39, 0.29) is 5.91 Å². The van der Waals surface area contributed by atoms with E-state index in [1.807, 2.05) is 18.4 Å². The third-order valence-corrected chi connectivity index (χ3v) is 3.42. The normalized spacial score (nSPS) is 10.7. The van der Waals surface area contributed by atoms with Crippen LogP contribution in [0, 0.1) is 6.92 Å². The van der Waals surface area contributed by atoms with Crippen molar-refractivity contribution in [3.63, 3.8) is 0 Å². The molecule has 0 saturated carbocycles. The topological polar surface area (TPSA) is 70.7 Å². The summed E-state index contributed by atoms with van der Waals surface area (Å²) in [6.07, 6.45) is 1.69. The lowest BCUT2D eigenvalue weighted by Gasteiger charge is -2.01. The molecule has 2 N–H and O–H groups in total. The van der Waals surface area contributed by atoms with Crippen LogP contribution in [0.2, 0.25) is 0 Å². The van der Waals surface area contributed by atoms with Gasteiger partial charge in [0.2, 0.25) is 0 Å². The van der Waals surface area contributed by atoms with E-state index in [9.17, 15) is 4.79 Å². The van der Waals surface area contributed by atoms with Gasteiger partial charge in [0.25, 0.3) is 5.91 Å². The molecule has 0 radical (unpaired) electrons. The van der Waals surface area contributed by atoms with Crippen LogP contribution in [0.15, 0.2) is 29.8 Å². The highest BCUT2D eigenvalue weighted by Gasteiger charge is 2.09. The first-order chi connectivity index (χ1) is 8.72. The Morgan fingerprint density at radius 1 is 1.44 bits per heavy atom. The minimum absolute atomic E-state index is 0.160. The number of fused-ring (bicyclic) bond motifs is 1. The molecule has 2 aromatic heterocycles. The maximum absolute atomic E-state index is 12.0. The number of aromatic amines is 1. The fourth-order valence-corrected chi connectivity index (χ4v) is 2.35. The summed E-state index contributed by atoms with van der Waals surface area (Å²) in [4.78, 5) is 16.2. The SMILES string of the molecule is Cc1csc(NC(=O)c2ccc3[nH]ncc3c2)n1. The number of hydrogen-bond acceptors (Lipinski definition) is 4. The Balaban J connectivity index is 1.87. The zero-order valence-electron chi connectivity index (χ0n) is 9.60. The van der Waals surface area contributed by atoms with Gasteiger partial charge in [-0.15, -0.1) is 11.3 Å². The van der Waals surface area contributed by atoms with Crippen LogP contribution >= 0.6 is 11.3 Å². The second kappa shape index (κ2) is 4.23. The van der Waals surface area contributed by atoms with E-state index in [1.165, 1.54) is 11.3 Å². The van der Waals surface area contributed by atoms with Crippen LogP contribution in [0.5, 0.6) is 0 Å². The largest absolute Gasteiger partial charge is 0.298 e. The van der Waals surface area contributed by atoms with Crippen molar-refractivity contribution in [3.8, 4) is 0 Å². The minimum atomic E-state index is -0.160. The standard InChI is InChI=1S/C12H10N4OS/c1-7-6-18-12(14-7)15-11(17)8-2-3-10-9(4-8)5-13-16-10/h2-6H,1H3,(H,13,16)(H,14,15,17). The summed E-state index contributed by atoms with van der Waals surface area (Å²) in [7, 11) is 0. The van der Waals surface area contributed by atoms with E-state index >= 15 is 0 Å². The third-order valence-electron chi connectivity index (χ3n) is 2.54. The number of carbonyl (C=O) groups is 1. The lowest BCUT2D eigenvalue weighted by atomic mass is 10.1. The fourth-order valence-electron chi connectivity index (χ4n) is 1.66. The van der Waals surface area contributed by atoms with Gasteiger partial charge in [0.15, 0.2) is 5.13 Å². The third kappa shape index (κ3) is 1.98. The van der Waals surface area contributed by atoms with Gasteiger partial charge in [0.05, 0.1) is 17.4 Å². The zero-order valence-corrected chi connectivity index (χ0v) is 10.4. The molecule has 1 aromatic carbocycles. The van der Waals surface area contributed by atoms with Crippen molar-refractivity contribution in [2.75, 3.05) is 5.32 Å². The molecule has 6 heteroatoms. The number of H-pyrrole nitrogens is 1. The first-order valence-electron chi connectivity index (χ1n) is 5.39. The van der Waals surface area contributed by atoms with Crippen molar-refractivity contribution in [1.82, 2.24) is 15.2 Å². The van der Waals surface area contributed by atoms with Crippen molar-refractivity contribution in [2.24, 2.45) is 0 Å². The highest BCUT2D eigenvalue weighted by Crippen LogP contribution is 2.17. The Hall–Kier alpha value is -2.21. The Labute approximate surface area is 107 Å². The van der Waals surface area contributed by atoms with Crippen LogP contribution in [0.25, 0.3) is 10.9 Å². The molecular formula is C12H10N4OS. The van der Waals surface area contributed by atoms with Gasteiger partial charge < -0.3 is 0 Å². The highest BCUT2D eigenvalue weighted by molar-refractivity contribution is 7.13. The first-order valence-corrected chi connectivity index (χ1v) is 6.27. The Morgan fingerprint density at radius 3 is 3.11 bits per heavy atom. The number of thiazole rings is 1. The molecule has 0 spiro atoms. The number of anilines is 1. The van der Waals surface area contributed by atoms with Crippen LogP contribution in [0.4, 0.5) is 5.13 Å². The summed E-state index contributed by atoms with van der Waals surface area (Å²) >= 11 is 1.42. The summed E-state index contributed by atoms with van der Waals surface area (Å²) in [5.74, 6) is -0.160. The Morgan fingerprint density at radius 2 is 2.33 bits per heavy atom. The molecule has 0 saturated heterocycles. The van der Waals surface area contributed by atoms with Crippen LogP contribution < -0.4 is 5.32 Å². The van der Waals surface area contributed by atoms with E-state index < -0.39 is 0 Å². The lowest BCUT2D eigenvalue weighted by Crippen LogP contribution is -2.11. The average Bonchev–Trinajstić information content (AvgIpc) is 2.96. The van der Waals surface area contributed by atoms with Crippen LogP contribution in [-0.2, 0) is 0 Å². The van der Waals surface area contributed by atoms with Gasteiger partial charge in [-0.25, -0.2) is 4.98 Å². The molecule has 0 bridgehead atoms. The van der Waals surface area contributed by atoms with Crippen molar-refractivity contribution in [1.29, 1.82) is 0 Å². The molecular weight excluding hydrogens is 248 g/mol. The quantitative estimate of drug-likeness (QED) is 0.742. The molecule has 3 aromatic rings. The second-order valence-electron chi connectivity index (χ2n) is 3.92. The number of aryl methyl sites for hydroxylation is 1. The predicted molar refractivity (Wildman–Crippen MR) is 70.9 cm³/mol. The number of hydrogen-bond donors (Lipinski definition) is 2. The molecule has 3 rings (SSSR count). The Bertz CT molecular complexity index is 716. The van der Waals surface area contributed by atoms with Gasteiger partial charge in [-0.1, -0.05) is 0 Å². The number of amides is 1. The van der Waals surface area contributed by atoms with Gasteiger partial charge in [-0.2, -0.15) is 5.10 Å². The van der Waals surface area contributed by atoms with E-state index in [0.717, 1.165) is 16.6 Å². The van der Waals surface area contributed by atoms with Crippen molar-refractivity contribution in [2.45, 2.75) is 6.92 Å². The molecule has 0 aliphatic carbocycles. The van der Waals surface area contributed by atoms with Gasteiger partial charge in [-0.05, 0) is 25.1 Å². The number of rotatable bonds is 2. The Kier molecular flexibility index (Phi) is 2.56. The van der Waals surface area contributed by atoms with Crippen molar-refractivity contribution < 1.29 is 4.79 Å². The maximum atomic E-state index is 12.0. The van der Waals surface area contributed by atoms with E-state index in [0.29, 0.717) is 10.7 Å². The average molecular weight is 258 g/mol. The lowest BCUT2D eigenvalue weighted by molar-refractivity contribution is 0.102. The molecule has 2 heterocycles. The molecule has 90 valence electrons. The number of aromatic nitrogens is 3. The monoisotopic (exact) mass is 258 g/mol.